The van der Waals surface area contributed by atoms with Crippen LogP contribution in [0.2, 0.25) is 0 Å². The first kappa shape index (κ1) is 14.6. The van der Waals surface area contributed by atoms with Gasteiger partial charge in [0.1, 0.15) is 17.7 Å². The summed E-state index contributed by atoms with van der Waals surface area (Å²) in [7, 11) is 3.77. The number of nitrogens with one attached hydrogen (secondary N) is 2. The summed E-state index contributed by atoms with van der Waals surface area (Å²) in [5, 5.41) is 12.6. The van der Waals surface area contributed by atoms with Gasteiger partial charge in [-0.2, -0.15) is 5.26 Å². The van der Waals surface area contributed by atoms with Crippen molar-refractivity contribution in [3.05, 3.63) is 53.7 Å². The van der Waals surface area contributed by atoms with Gasteiger partial charge in [-0.1, -0.05) is 12.1 Å². The number of hydrogen-bond acceptors (Lipinski definition) is 4. The average Bonchev–Trinajstić information content (AvgIpc) is 2.98. The van der Waals surface area contributed by atoms with Gasteiger partial charge in [-0.3, -0.25) is 4.79 Å². The van der Waals surface area contributed by atoms with Crippen LogP contribution >= 0.6 is 0 Å². The fourth-order valence-electron chi connectivity index (χ4n) is 2.39. The van der Waals surface area contributed by atoms with Crippen molar-refractivity contribution in [1.29, 1.82) is 5.26 Å². The van der Waals surface area contributed by atoms with Crippen molar-refractivity contribution in [1.82, 2.24) is 9.97 Å². The summed E-state index contributed by atoms with van der Waals surface area (Å²) in [5.41, 5.74) is 1.64. The van der Waals surface area contributed by atoms with Crippen LogP contribution in [0, 0.1) is 11.3 Å². The summed E-state index contributed by atoms with van der Waals surface area (Å²) in [6.07, 6.45) is 1.60. The van der Waals surface area contributed by atoms with Crippen LogP contribution in [0.15, 0.2) is 42.6 Å². The zero-order chi connectivity index (χ0) is 16.4. The Morgan fingerprint density at radius 3 is 2.78 bits per heavy atom. The number of aromatic amines is 1. The highest BCUT2D eigenvalue weighted by atomic mass is 16.1. The minimum Gasteiger partial charge on any atom is -0.363 e. The van der Waals surface area contributed by atoms with Gasteiger partial charge < -0.3 is 15.2 Å². The van der Waals surface area contributed by atoms with Gasteiger partial charge in [-0.05, 0) is 24.3 Å². The van der Waals surface area contributed by atoms with Crippen molar-refractivity contribution in [2.24, 2.45) is 0 Å². The van der Waals surface area contributed by atoms with Crippen LogP contribution in [-0.4, -0.2) is 30.0 Å². The third-order valence-electron chi connectivity index (χ3n) is 3.51. The van der Waals surface area contributed by atoms with Crippen molar-refractivity contribution in [2.45, 2.75) is 0 Å². The van der Waals surface area contributed by atoms with Crippen LogP contribution in [0.3, 0.4) is 0 Å². The molecule has 2 N–H and O–H groups in total. The van der Waals surface area contributed by atoms with Gasteiger partial charge in [-0.25, -0.2) is 4.98 Å². The zero-order valence-electron chi connectivity index (χ0n) is 12.8. The quantitative estimate of drug-likeness (QED) is 0.779. The fraction of sp³-hybridized carbons (Fsp3) is 0.118. The highest BCUT2D eigenvalue weighted by Crippen LogP contribution is 2.23. The molecule has 2 heterocycles. The largest absolute Gasteiger partial charge is 0.363 e. The molecular weight excluding hydrogens is 290 g/mol. The van der Waals surface area contributed by atoms with Gasteiger partial charge >= 0.3 is 0 Å². The number of rotatable bonds is 3. The smallest absolute Gasteiger partial charge is 0.257 e. The number of benzene rings is 1. The van der Waals surface area contributed by atoms with Gasteiger partial charge in [0.15, 0.2) is 0 Å². The summed E-state index contributed by atoms with van der Waals surface area (Å²) in [6.45, 7) is 0. The third kappa shape index (κ3) is 2.72. The van der Waals surface area contributed by atoms with Crippen LogP contribution in [-0.2, 0) is 0 Å². The van der Waals surface area contributed by atoms with Crippen LogP contribution in [0.5, 0.6) is 0 Å². The normalized spacial score (nSPS) is 10.3. The van der Waals surface area contributed by atoms with Gasteiger partial charge in [0.2, 0.25) is 0 Å². The second kappa shape index (κ2) is 5.81. The molecule has 0 aliphatic rings. The first-order valence-electron chi connectivity index (χ1n) is 7.06. The molecule has 23 heavy (non-hydrogen) atoms. The minimum absolute atomic E-state index is 0.296. The summed E-state index contributed by atoms with van der Waals surface area (Å²) in [6, 6.07) is 12.8. The summed E-state index contributed by atoms with van der Waals surface area (Å²) in [4.78, 5) is 21.8. The first-order chi connectivity index (χ1) is 11.1. The summed E-state index contributed by atoms with van der Waals surface area (Å²) in [5.74, 6) is 0.919. The monoisotopic (exact) mass is 305 g/mol. The van der Waals surface area contributed by atoms with E-state index in [4.69, 9.17) is 0 Å². The lowest BCUT2D eigenvalue weighted by Gasteiger charge is -2.12. The number of carbonyl (C=O) groups is 1. The molecule has 3 rings (SSSR count). The molecule has 0 unspecified atom stereocenters. The van der Waals surface area contributed by atoms with E-state index >= 15 is 0 Å². The highest BCUT2D eigenvalue weighted by molar-refractivity contribution is 6.13. The molecule has 0 aliphatic carbocycles. The van der Waals surface area contributed by atoms with Crippen molar-refractivity contribution >= 4 is 28.4 Å². The lowest BCUT2D eigenvalue weighted by molar-refractivity contribution is 0.102. The van der Waals surface area contributed by atoms with Crippen molar-refractivity contribution in [3.63, 3.8) is 0 Å². The Balaban J connectivity index is 1.97. The SMILES string of the molecule is CN(C)c1cccc(NC(=O)c2cccc3[nH]cc(C#N)c23)n1. The first-order valence-corrected chi connectivity index (χ1v) is 7.06. The van der Waals surface area contributed by atoms with Crippen molar-refractivity contribution < 1.29 is 4.79 Å². The summed E-state index contributed by atoms with van der Waals surface area (Å²) >= 11 is 0. The van der Waals surface area contributed by atoms with Crippen LogP contribution in [0.25, 0.3) is 10.9 Å². The number of anilines is 2. The van der Waals surface area contributed by atoms with Crippen molar-refractivity contribution in [2.75, 3.05) is 24.3 Å². The number of amides is 1. The zero-order valence-corrected chi connectivity index (χ0v) is 12.8. The van der Waals surface area contributed by atoms with E-state index in [-0.39, 0.29) is 5.91 Å². The number of H-pyrrole nitrogens is 1. The Kier molecular flexibility index (Phi) is 3.69. The molecule has 1 aromatic carbocycles. The van der Waals surface area contributed by atoms with Crippen LogP contribution in [0.1, 0.15) is 15.9 Å². The lowest BCUT2D eigenvalue weighted by atomic mass is 10.1. The second-order valence-electron chi connectivity index (χ2n) is 5.27. The Hall–Kier alpha value is -3.33. The minimum atomic E-state index is -0.296. The highest BCUT2D eigenvalue weighted by Gasteiger charge is 2.15. The number of nitriles is 1. The van der Waals surface area contributed by atoms with E-state index in [1.807, 2.05) is 37.2 Å². The predicted octanol–water partition coefficient (Wildman–Crippen LogP) is 2.75. The predicted molar refractivity (Wildman–Crippen MR) is 89.5 cm³/mol. The number of fused-ring (bicyclic) bond motifs is 1. The topological polar surface area (TPSA) is 84.8 Å². The molecule has 6 nitrogen and oxygen atoms in total. The number of hydrogen-bond donors (Lipinski definition) is 2. The van der Waals surface area contributed by atoms with E-state index in [1.54, 1.807) is 24.4 Å². The molecule has 1 amide bonds. The molecular formula is C17H15N5O. The second-order valence-corrected chi connectivity index (χ2v) is 5.27. The Bertz CT molecular complexity index is 920. The number of aromatic nitrogens is 2. The van der Waals surface area contributed by atoms with Gasteiger partial charge in [0.05, 0.1) is 11.1 Å². The lowest BCUT2D eigenvalue weighted by Crippen LogP contribution is -2.16. The Morgan fingerprint density at radius 2 is 2.04 bits per heavy atom. The number of nitrogens with zero attached hydrogens (tertiary/aromatic N) is 3. The molecule has 0 bridgehead atoms. The molecule has 0 fully saturated rings. The molecule has 2 aromatic heterocycles. The summed E-state index contributed by atoms with van der Waals surface area (Å²) < 4.78 is 0. The average molecular weight is 305 g/mol. The van der Waals surface area contributed by atoms with E-state index in [0.717, 1.165) is 11.3 Å². The van der Waals surface area contributed by atoms with E-state index in [2.05, 4.69) is 21.4 Å². The third-order valence-corrected chi connectivity index (χ3v) is 3.51. The molecule has 6 heteroatoms. The maximum absolute atomic E-state index is 12.6. The molecule has 114 valence electrons. The van der Waals surface area contributed by atoms with Gasteiger partial charge in [-0.15, -0.1) is 0 Å². The fourth-order valence-corrected chi connectivity index (χ4v) is 2.39. The van der Waals surface area contributed by atoms with E-state index in [0.29, 0.717) is 22.3 Å². The maximum atomic E-state index is 12.6. The molecule has 0 atom stereocenters. The number of carbonyl (C=O) groups excluding carboxylic acids is 1. The molecule has 0 radical (unpaired) electrons. The van der Waals surface area contributed by atoms with E-state index in [9.17, 15) is 10.1 Å². The molecule has 0 aliphatic heterocycles. The Labute approximate surface area is 133 Å². The van der Waals surface area contributed by atoms with E-state index < -0.39 is 0 Å². The van der Waals surface area contributed by atoms with Crippen LogP contribution < -0.4 is 10.2 Å². The van der Waals surface area contributed by atoms with Gasteiger partial charge in [0.25, 0.3) is 5.91 Å². The van der Waals surface area contributed by atoms with Crippen LogP contribution in [0.4, 0.5) is 11.6 Å². The Morgan fingerprint density at radius 1 is 1.26 bits per heavy atom. The molecule has 0 spiro atoms. The molecule has 0 saturated heterocycles. The number of pyridine rings is 1. The van der Waals surface area contributed by atoms with Gasteiger partial charge in [0, 0.05) is 31.2 Å². The maximum Gasteiger partial charge on any atom is 0.257 e. The molecule has 3 aromatic rings. The van der Waals surface area contributed by atoms with E-state index in [1.165, 1.54) is 0 Å². The van der Waals surface area contributed by atoms with Crippen molar-refractivity contribution in [3.8, 4) is 6.07 Å². The molecule has 0 saturated carbocycles. The standard InChI is InChI=1S/C17H15N5O/c1-22(2)15-8-4-7-14(20-15)21-17(23)12-5-3-6-13-16(12)11(9-18)10-19-13/h3-8,10,19H,1-2H3,(H,20,21,23).